The van der Waals surface area contributed by atoms with E-state index in [1.54, 1.807) is 14.0 Å². The van der Waals surface area contributed by atoms with E-state index in [1.807, 2.05) is 80.9 Å². The first-order valence-electron chi connectivity index (χ1n) is 21.8. The van der Waals surface area contributed by atoms with Crippen LogP contribution in [0.25, 0.3) is 17.0 Å². The van der Waals surface area contributed by atoms with E-state index in [1.165, 1.54) is 5.57 Å². The molecule has 4 N–H and O–H groups in total. The zero-order valence-corrected chi connectivity index (χ0v) is 38.0. The summed E-state index contributed by atoms with van der Waals surface area (Å²) in [4.78, 5) is 33.1. The normalized spacial score (nSPS) is 34.1. The van der Waals surface area contributed by atoms with Crippen LogP contribution in [0.5, 0.6) is 0 Å². The minimum absolute atomic E-state index is 0.114. The van der Waals surface area contributed by atoms with Crippen LogP contribution < -0.4 is 10.6 Å². The summed E-state index contributed by atoms with van der Waals surface area (Å²) < 4.78 is 23.2. The van der Waals surface area contributed by atoms with Crippen molar-refractivity contribution in [2.75, 3.05) is 34.3 Å². The van der Waals surface area contributed by atoms with Crippen molar-refractivity contribution in [2.45, 2.75) is 155 Å². The highest BCUT2D eigenvalue weighted by molar-refractivity contribution is 5.99. The third-order valence-electron chi connectivity index (χ3n) is 12.1. The van der Waals surface area contributed by atoms with Crippen molar-refractivity contribution < 1.29 is 38.7 Å². The average molecular weight is 825 g/mol. The number of carbonyl (C=O) groups is 2. The second kappa shape index (κ2) is 23.8. The summed E-state index contributed by atoms with van der Waals surface area (Å²) in [7, 11) is 5.76. The van der Waals surface area contributed by atoms with Crippen molar-refractivity contribution >= 4 is 28.7 Å². The zero-order chi connectivity index (χ0) is 43.9. The van der Waals surface area contributed by atoms with Crippen molar-refractivity contribution in [3.63, 3.8) is 0 Å². The highest BCUT2D eigenvalue weighted by atomic mass is 16.7. The highest BCUT2D eigenvalue weighted by Gasteiger charge is 2.52. The van der Waals surface area contributed by atoms with Crippen LogP contribution in [0.2, 0.25) is 0 Å². The molecule has 4 heterocycles. The van der Waals surface area contributed by atoms with Gasteiger partial charge in [-0.2, -0.15) is 0 Å². The number of nitrogens with zero attached hydrogens (tertiary/aromatic N) is 2. The van der Waals surface area contributed by atoms with E-state index >= 15 is 0 Å². The molecule has 1 aromatic carbocycles. The SMILES string of the molecule is CC.CC1CC(N(C)C)CC(O)O1.CC[C@H]1OC(=O)C(C)C(=O)[C@H](C)C[C@](C)(OC)C[C@@H](C)/C(=C\CNCC/C=C/c2ccc3ncccc3c2)CC2NC(O)O[C@@]21C. The Kier molecular flexibility index (Phi) is 20.3. The lowest BCUT2D eigenvalue weighted by atomic mass is 9.76. The number of nitrogens with one attached hydrogen (secondary N) is 2. The highest BCUT2D eigenvalue weighted by Crippen LogP contribution is 2.39. The molecule has 3 aliphatic rings. The molecule has 3 aliphatic heterocycles. The van der Waals surface area contributed by atoms with Crippen LogP contribution in [0.15, 0.2) is 54.3 Å². The molecule has 11 atom stereocenters. The first kappa shape index (κ1) is 50.3. The van der Waals surface area contributed by atoms with E-state index in [9.17, 15) is 19.8 Å². The van der Waals surface area contributed by atoms with Gasteiger partial charge >= 0.3 is 5.97 Å². The molecule has 3 saturated heterocycles. The number of aliphatic hydroxyl groups is 2. The number of carbonyl (C=O) groups excluding carboxylic acids is 2. The van der Waals surface area contributed by atoms with Gasteiger partial charge in [-0.25, -0.2) is 0 Å². The van der Waals surface area contributed by atoms with Crippen LogP contribution in [0.4, 0.5) is 0 Å². The topological polar surface area (TPSA) is 152 Å². The molecule has 59 heavy (non-hydrogen) atoms. The summed E-state index contributed by atoms with van der Waals surface area (Å²) in [5.74, 6) is -1.90. The molecule has 6 unspecified atom stereocenters. The van der Waals surface area contributed by atoms with Crippen molar-refractivity contribution in [1.82, 2.24) is 20.5 Å². The van der Waals surface area contributed by atoms with E-state index in [0.717, 1.165) is 42.3 Å². The molecule has 12 nitrogen and oxygen atoms in total. The zero-order valence-electron chi connectivity index (χ0n) is 38.0. The average Bonchev–Trinajstić information content (AvgIpc) is 3.50. The van der Waals surface area contributed by atoms with Crippen LogP contribution in [-0.4, -0.2) is 114 Å². The third-order valence-corrected chi connectivity index (χ3v) is 12.1. The van der Waals surface area contributed by atoms with E-state index < -0.39 is 41.9 Å². The number of aromatic nitrogens is 1. The molecule has 0 bridgehead atoms. The van der Waals surface area contributed by atoms with E-state index in [2.05, 4.69) is 63.9 Å². The van der Waals surface area contributed by atoms with Gasteiger partial charge in [-0.15, -0.1) is 0 Å². The van der Waals surface area contributed by atoms with Crippen molar-refractivity contribution in [3.8, 4) is 0 Å². The van der Waals surface area contributed by atoms with Gasteiger partial charge in [0.15, 0.2) is 6.29 Å². The number of hydrogen-bond acceptors (Lipinski definition) is 12. The standard InChI is InChI=1S/C37H53N3O6.C8H17NO2.C2H6/c1-8-32-37(6)31(40-35(43)46-37)21-28(24(2)22-36(5,44-7)23-25(3)33(41)26(4)34(42)45-32)16-19-38-17-10-9-12-27-14-15-30-29(20-27)13-11-18-39-30;1-6-4-7(9(2)3)5-8(10)11-6;1-2/h9,11-16,18,20,24-26,31-32,35,38,40,43H,8,10,17,19,21-23H2,1-7H3;6-8,10H,4-5H2,1-3H3;1-2H3/b12-9+,28-16-;;/t24-,25-,26?,31?,32-,35?,36-,37+;;/m1../s1. The second-order valence-electron chi connectivity index (χ2n) is 17.0. The Morgan fingerprint density at radius 2 is 1.76 bits per heavy atom. The lowest BCUT2D eigenvalue weighted by molar-refractivity contribution is -0.197. The number of fused-ring (bicyclic) bond motifs is 2. The van der Waals surface area contributed by atoms with Gasteiger partial charge in [-0.05, 0) is 117 Å². The second-order valence-corrected chi connectivity index (χ2v) is 17.0. The van der Waals surface area contributed by atoms with Crippen molar-refractivity contribution in [3.05, 3.63) is 59.8 Å². The number of aliphatic hydroxyl groups excluding tert-OH is 2. The number of rotatable bonds is 9. The fraction of sp³-hybridized carbons (Fsp3) is 0.681. The summed E-state index contributed by atoms with van der Waals surface area (Å²) in [5, 5.41) is 27.7. The lowest BCUT2D eigenvalue weighted by Gasteiger charge is -2.39. The Morgan fingerprint density at radius 3 is 2.42 bits per heavy atom. The maximum Gasteiger partial charge on any atom is 0.316 e. The van der Waals surface area contributed by atoms with Gasteiger partial charge in [0.2, 0.25) is 6.41 Å². The summed E-state index contributed by atoms with van der Waals surface area (Å²) >= 11 is 0. The number of Topliss-reactive ketones (excluding diaryl/α,β-unsaturated/α-hetero) is 1. The maximum absolute atomic E-state index is 13.3. The molecule has 0 saturated carbocycles. The van der Waals surface area contributed by atoms with Crippen LogP contribution in [0, 0.1) is 17.8 Å². The Labute approximate surface area is 354 Å². The van der Waals surface area contributed by atoms with Gasteiger partial charge < -0.3 is 39.4 Å². The molecule has 0 aliphatic carbocycles. The van der Waals surface area contributed by atoms with Gasteiger partial charge in [0.05, 0.1) is 17.2 Å². The number of cyclic esters (lactones) is 1. The first-order chi connectivity index (χ1) is 28.0. The quantitative estimate of drug-likeness (QED) is 0.0890. The van der Waals surface area contributed by atoms with Crippen molar-refractivity contribution in [2.24, 2.45) is 17.8 Å². The summed E-state index contributed by atoms with van der Waals surface area (Å²) in [5.41, 5.74) is 1.75. The number of methoxy groups -OCH3 is 1. The molecule has 5 rings (SSSR count). The maximum atomic E-state index is 13.3. The molecule has 3 fully saturated rings. The monoisotopic (exact) mass is 825 g/mol. The number of hydrogen-bond donors (Lipinski definition) is 4. The Hall–Kier alpha value is -3.07. The van der Waals surface area contributed by atoms with Gasteiger partial charge in [-0.3, -0.25) is 19.9 Å². The number of benzene rings is 1. The fourth-order valence-corrected chi connectivity index (χ4v) is 8.57. The minimum Gasteiger partial charge on any atom is -0.459 e. The Bertz CT molecular complexity index is 1660. The van der Waals surface area contributed by atoms with E-state index in [4.69, 9.17) is 18.9 Å². The van der Waals surface area contributed by atoms with E-state index in [0.29, 0.717) is 38.3 Å². The number of pyridine rings is 1. The molecular formula is C47H76N4O8. The smallest absolute Gasteiger partial charge is 0.316 e. The van der Waals surface area contributed by atoms with Gasteiger partial charge in [0, 0.05) is 49.7 Å². The van der Waals surface area contributed by atoms with Gasteiger partial charge in [-0.1, -0.05) is 70.6 Å². The van der Waals surface area contributed by atoms with Crippen LogP contribution in [0.1, 0.15) is 113 Å². The molecule has 0 amide bonds. The molecule has 1 aromatic heterocycles. The van der Waals surface area contributed by atoms with Crippen molar-refractivity contribution in [1.29, 1.82) is 0 Å². The largest absolute Gasteiger partial charge is 0.459 e. The van der Waals surface area contributed by atoms with Crippen LogP contribution in [0.3, 0.4) is 0 Å². The number of ketones is 1. The molecule has 0 radical (unpaired) electrons. The molecule has 332 valence electrons. The summed E-state index contributed by atoms with van der Waals surface area (Å²) in [6.07, 6.45) is 11.0. The summed E-state index contributed by atoms with van der Waals surface area (Å²) in [6, 6.07) is 10.4. The number of esters is 1. The number of ether oxygens (including phenoxy) is 4. The molecule has 2 aromatic rings. The minimum atomic E-state index is -1.19. The Balaban J connectivity index is 0.000000612. The fourth-order valence-electron chi connectivity index (χ4n) is 8.57. The van der Waals surface area contributed by atoms with Crippen LogP contribution in [-0.2, 0) is 28.5 Å². The van der Waals surface area contributed by atoms with E-state index in [-0.39, 0.29) is 29.8 Å². The predicted octanol–water partition coefficient (Wildman–Crippen LogP) is 7.03. The Morgan fingerprint density at radius 1 is 1.05 bits per heavy atom. The van der Waals surface area contributed by atoms with Gasteiger partial charge in [0.1, 0.15) is 23.4 Å². The predicted molar refractivity (Wildman–Crippen MR) is 235 cm³/mol. The molecule has 12 heteroatoms. The third kappa shape index (κ3) is 14.5. The first-order valence-corrected chi connectivity index (χ1v) is 21.8. The molecular weight excluding hydrogens is 749 g/mol. The summed E-state index contributed by atoms with van der Waals surface area (Å²) in [6.45, 7) is 19.0. The van der Waals surface area contributed by atoms with Crippen LogP contribution >= 0.6 is 0 Å². The lowest BCUT2D eigenvalue weighted by Crippen LogP contribution is -2.53. The van der Waals surface area contributed by atoms with Gasteiger partial charge in [0.25, 0.3) is 0 Å². The molecule has 0 spiro atoms.